The van der Waals surface area contributed by atoms with Crippen LogP contribution in [0, 0.1) is 0 Å². The number of rotatable bonds is 6. The molecule has 1 aliphatic rings. The molecule has 22 heavy (non-hydrogen) atoms. The molecule has 1 atom stereocenters. The van der Waals surface area contributed by atoms with Crippen LogP contribution in [0.1, 0.15) is 25.0 Å². The van der Waals surface area contributed by atoms with Gasteiger partial charge in [-0.2, -0.15) is 0 Å². The van der Waals surface area contributed by atoms with Crippen molar-refractivity contribution < 1.29 is 14.3 Å². The van der Waals surface area contributed by atoms with E-state index in [1.54, 1.807) is 19.0 Å². The SMILES string of the molecule is CCOc1cc2c(cc1CN(C)CC(=O)N(C)C)O[C@H](C)C2. The number of benzene rings is 1. The highest BCUT2D eigenvalue weighted by Gasteiger charge is 2.22. The predicted molar refractivity (Wildman–Crippen MR) is 86.4 cm³/mol. The highest BCUT2D eigenvalue weighted by atomic mass is 16.5. The Kier molecular flexibility index (Phi) is 5.29. The number of amides is 1. The van der Waals surface area contributed by atoms with Crippen LogP contribution in [0.2, 0.25) is 0 Å². The van der Waals surface area contributed by atoms with Crippen molar-refractivity contribution >= 4 is 5.91 Å². The molecule has 0 radical (unpaired) electrons. The number of ether oxygens (including phenoxy) is 2. The molecule has 0 bridgehead atoms. The summed E-state index contributed by atoms with van der Waals surface area (Å²) >= 11 is 0. The maximum Gasteiger partial charge on any atom is 0.236 e. The summed E-state index contributed by atoms with van der Waals surface area (Å²) < 4.78 is 11.6. The van der Waals surface area contributed by atoms with E-state index in [1.807, 2.05) is 18.9 Å². The summed E-state index contributed by atoms with van der Waals surface area (Å²) in [5.74, 6) is 1.92. The van der Waals surface area contributed by atoms with E-state index in [2.05, 4.69) is 19.1 Å². The van der Waals surface area contributed by atoms with E-state index in [-0.39, 0.29) is 12.0 Å². The zero-order valence-electron chi connectivity index (χ0n) is 14.2. The van der Waals surface area contributed by atoms with Gasteiger partial charge in [0.2, 0.25) is 5.91 Å². The molecular formula is C17H26N2O3. The Balaban J connectivity index is 2.15. The molecule has 0 aliphatic carbocycles. The largest absolute Gasteiger partial charge is 0.494 e. The first-order chi connectivity index (χ1) is 10.4. The summed E-state index contributed by atoms with van der Waals surface area (Å²) in [4.78, 5) is 15.4. The van der Waals surface area contributed by atoms with Crippen LogP contribution in [-0.4, -0.2) is 56.1 Å². The van der Waals surface area contributed by atoms with Gasteiger partial charge in [-0.3, -0.25) is 9.69 Å². The van der Waals surface area contributed by atoms with E-state index < -0.39 is 0 Å². The third-order valence-corrected chi connectivity index (χ3v) is 3.72. The fraction of sp³-hybridized carbons (Fsp3) is 0.588. The fourth-order valence-corrected chi connectivity index (χ4v) is 2.61. The van der Waals surface area contributed by atoms with Crippen molar-refractivity contribution in [2.45, 2.75) is 32.9 Å². The van der Waals surface area contributed by atoms with E-state index in [0.717, 1.165) is 23.5 Å². The van der Waals surface area contributed by atoms with Gasteiger partial charge in [0, 0.05) is 38.2 Å². The fourth-order valence-electron chi connectivity index (χ4n) is 2.61. The Bertz CT molecular complexity index is 543. The first-order valence-corrected chi connectivity index (χ1v) is 7.74. The van der Waals surface area contributed by atoms with Crippen LogP contribution in [0.3, 0.4) is 0 Å². The summed E-state index contributed by atoms with van der Waals surface area (Å²) in [6.07, 6.45) is 1.14. The molecule has 0 saturated heterocycles. The quantitative estimate of drug-likeness (QED) is 0.805. The number of carbonyl (C=O) groups is 1. The van der Waals surface area contributed by atoms with Crippen LogP contribution < -0.4 is 9.47 Å². The van der Waals surface area contributed by atoms with Gasteiger partial charge in [-0.15, -0.1) is 0 Å². The number of carbonyl (C=O) groups excluding carboxylic acids is 1. The van der Waals surface area contributed by atoms with E-state index >= 15 is 0 Å². The lowest BCUT2D eigenvalue weighted by molar-refractivity contribution is -0.129. The summed E-state index contributed by atoms with van der Waals surface area (Å²) in [7, 11) is 5.48. The van der Waals surface area contributed by atoms with Crippen molar-refractivity contribution in [3.63, 3.8) is 0 Å². The molecule has 1 aromatic carbocycles. The van der Waals surface area contributed by atoms with E-state index in [1.165, 1.54) is 5.56 Å². The monoisotopic (exact) mass is 306 g/mol. The van der Waals surface area contributed by atoms with Gasteiger partial charge in [0.25, 0.3) is 0 Å². The Morgan fingerprint density at radius 1 is 1.36 bits per heavy atom. The minimum absolute atomic E-state index is 0.0893. The highest BCUT2D eigenvalue weighted by Crippen LogP contribution is 2.35. The molecule has 5 nitrogen and oxygen atoms in total. The zero-order chi connectivity index (χ0) is 16.3. The van der Waals surface area contributed by atoms with Gasteiger partial charge in [0.1, 0.15) is 17.6 Å². The number of nitrogens with zero attached hydrogens (tertiary/aromatic N) is 2. The molecule has 1 aromatic rings. The summed E-state index contributed by atoms with van der Waals surface area (Å²) in [5.41, 5.74) is 2.26. The molecule has 5 heteroatoms. The standard InChI is InChI=1S/C17H26N2O3/c1-6-21-15-8-13-7-12(2)22-16(13)9-14(15)10-19(5)11-17(20)18(3)4/h8-9,12H,6-7,10-11H2,1-5H3/t12-/m1/s1. The molecule has 1 amide bonds. The number of hydrogen-bond acceptors (Lipinski definition) is 4. The minimum Gasteiger partial charge on any atom is -0.494 e. The van der Waals surface area contributed by atoms with Crippen molar-refractivity contribution in [3.05, 3.63) is 23.3 Å². The van der Waals surface area contributed by atoms with Gasteiger partial charge < -0.3 is 14.4 Å². The molecular weight excluding hydrogens is 280 g/mol. The Hall–Kier alpha value is -1.75. The lowest BCUT2D eigenvalue weighted by Gasteiger charge is -2.21. The van der Waals surface area contributed by atoms with Gasteiger partial charge in [-0.25, -0.2) is 0 Å². The number of fused-ring (bicyclic) bond motifs is 1. The van der Waals surface area contributed by atoms with Gasteiger partial charge >= 0.3 is 0 Å². The van der Waals surface area contributed by atoms with E-state index in [0.29, 0.717) is 19.7 Å². The molecule has 1 aliphatic heterocycles. The molecule has 0 saturated carbocycles. The Morgan fingerprint density at radius 2 is 2.09 bits per heavy atom. The van der Waals surface area contributed by atoms with Crippen LogP contribution in [0.15, 0.2) is 12.1 Å². The first kappa shape index (κ1) is 16.6. The second kappa shape index (κ2) is 7.01. The van der Waals surface area contributed by atoms with Crippen LogP contribution >= 0.6 is 0 Å². The third-order valence-electron chi connectivity index (χ3n) is 3.72. The van der Waals surface area contributed by atoms with E-state index in [4.69, 9.17) is 9.47 Å². The summed E-state index contributed by atoms with van der Waals surface area (Å²) in [5, 5.41) is 0. The zero-order valence-corrected chi connectivity index (χ0v) is 14.2. The minimum atomic E-state index is 0.0893. The number of likely N-dealkylation sites (N-methyl/N-ethyl adjacent to an activating group) is 2. The lowest BCUT2D eigenvalue weighted by Crippen LogP contribution is -2.34. The van der Waals surface area contributed by atoms with Crippen molar-refractivity contribution in [2.24, 2.45) is 0 Å². The second-order valence-corrected chi connectivity index (χ2v) is 6.09. The molecule has 0 aromatic heterocycles. The van der Waals surface area contributed by atoms with Crippen molar-refractivity contribution in [2.75, 3.05) is 34.3 Å². The van der Waals surface area contributed by atoms with Gasteiger partial charge in [0.05, 0.1) is 13.2 Å². The van der Waals surface area contributed by atoms with Crippen molar-refractivity contribution in [3.8, 4) is 11.5 Å². The summed E-state index contributed by atoms with van der Waals surface area (Å²) in [6, 6.07) is 4.14. The molecule has 0 fully saturated rings. The molecule has 122 valence electrons. The van der Waals surface area contributed by atoms with E-state index in [9.17, 15) is 4.79 Å². The van der Waals surface area contributed by atoms with Crippen LogP contribution in [-0.2, 0) is 17.8 Å². The topological polar surface area (TPSA) is 42.0 Å². The highest BCUT2D eigenvalue weighted by molar-refractivity contribution is 5.77. The average Bonchev–Trinajstić information content (AvgIpc) is 2.78. The van der Waals surface area contributed by atoms with Crippen molar-refractivity contribution in [1.82, 2.24) is 9.80 Å². The van der Waals surface area contributed by atoms with Gasteiger partial charge in [0.15, 0.2) is 0 Å². The smallest absolute Gasteiger partial charge is 0.236 e. The normalized spacial score (nSPS) is 16.4. The average molecular weight is 306 g/mol. The van der Waals surface area contributed by atoms with Crippen LogP contribution in [0.4, 0.5) is 0 Å². The molecule has 0 unspecified atom stereocenters. The summed E-state index contributed by atoms with van der Waals surface area (Å²) in [6.45, 7) is 5.71. The predicted octanol–water partition coefficient (Wildman–Crippen LogP) is 1.93. The molecule has 2 rings (SSSR count). The number of hydrogen-bond donors (Lipinski definition) is 0. The van der Waals surface area contributed by atoms with Crippen LogP contribution in [0.5, 0.6) is 11.5 Å². The maximum atomic E-state index is 11.8. The second-order valence-electron chi connectivity index (χ2n) is 6.09. The Morgan fingerprint density at radius 3 is 2.73 bits per heavy atom. The molecule has 0 spiro atoms. The van der Waals surface area contributed by atoms with Crippen molar-refractivity contribution in [1.29, 1.82) is 0 Å². The first-order valence-electron chi connectivity index (χ1n) is 7.74. The van der Waals surface area contributed by atoms with Gasteiger partial charge in [-0.1, -0.05) is 0 Å². The maximum absolute atomic E-state index is 11.8. The third kappa shape index (κ3) is 3.91. The van der Waals surface area contributed by atoms with Gasteiger partial charge in [-0.05, 0) is 33.0 Å². The molecule has 0 N–H and O–H groups in total. The molecule has 1 heterocycles. The lowest BCUT2D eigenvalue weighted by atomic mass is 10.1. The van der Waals surface area contributed by atoms with Crippen LogP contribution in [0.25, 0.3) is 0 Å². The Labute approximate surface area is 132 Å².